The number of aromatic amines is 1. The predicted molar refractivity (Wildman–Crippen MR) is 67.1 cm³/mol. The molecule has 2 N–H and O–H groups in total. The summed E-state index contributed by atoms with van der Waals surface area (Å²) in [5.41, 5.74) is -1.59. The van der Waals surface area contributed by atoms with Crippen molar-refractivity contribution in [1.29, 1.82) is 0 Å². The smallest absolute Gasteiger partial charge is 0.316 e. The van der Waals surface area contributed by atoms with Crippen molar-refractivity contribution in [2.45, 2.75) is 13.1 Å². The molecule has 114 valence electrons. The monoisotopic (exact) mass is 311 g/mol. The van der Waals surface area contributed by atoms with Gasteiger partial charge in [-0.1, -0.05) is 0 Å². The number of anilines is 1. The van der Waals surface area contributed by atoms with Crippen molar-refractivity contribution in [1.82, 2.24) is 29.8 Å². The Hall–Kier alpha value is -2.98. The molecule has 0 aliphatic rings. The van der Waals surface area contributed by atoms with Crippen LogP contribution in [-0.4, -0.2) is 35.7 Å². The first-order valence-corrected chi connectivity index (χ1v) is 5.97. The highest BCUT2D eigenvalue weighted by atomic mass is 19.4. The molecule has 3 aromatic rings. The first kappa shape index (κ1) is 14.0. The van der Waals surface area contributed by atoms with E-state index in [-0.39, 0.29) is 17.3 Å². The molecule has 0 atom stereocenters. The molecule has 3 rings (SSSR count). The molecule has 0 saturated heterocycles. The standard InChI is InChI=1S/C11H8F3N7O/c1-5-6(7(19-18-5)11(12,13)14)16-9(22)8-17-10-15-3-2-4-21(10)20-8/h2-4H,1H3,(H,16,22)(H,18,19). The fourth-order valence-corrected chi connectivity index (χ4v) is 1.79. The third-order valence-corrected chi connectivity index (χ3v) is 2.77. The SMILES string of the molecule is Cc1[nH]nc(C(F)(F)F)c1NC(=O)c1nc2ncccn2n1. The van der Waals surface area contributed by atoms with Gasteiger partial charge in [0, 0.05) is 12.4 Å². The van der Waals surface area contributed by atoms with Crippen LogP contribution in [0, 0.1) is 6.92 Å². The molecule has 0 saturated carbocycles. The second-order valence-corrected chi connectivity index (χ2v) is 4.32. The first-order chi connectivity index (χ1) is 10.4. The average molecular weight is 311 g/mol. The second-order valence-electron chi connectivity index (χ2n) is 4.32. The number of H-pyrrole nitrogens is 1. The normalized spacial score (nSPS) is 11.8. The third-order valence-electron chi connectivity index (χ3n) is 2.77. The topological polar surface area (TPSA) is 101 Å². The summed E-state index contributed by atoms with van der Waals surface area (Å²) in [7, 11) is 0. The van der Waals surface area contributed by atoms with Crippen LogP contribution in [0.4, 0.5) is 18.9 Å². The van der Waals surface area contributed by atoms with Gasteiger partial charge in [-0.3, -0.25) is 9.89 Å². The minimum atomic E-state index is -4.69. The van der Waals surface area contributed by atoms with Crippen LogP contribution < -0.4 is 5.32 Å². The molecule has 1 amide bonds. The van der Waals surface area contributed by atoms with Crippen LogP contribution in [-0.2, 0) is 6.18 Å². The largest absolute Gasteiger partial charge is 0.437 e. The summed E-state index contributed by atoms with van der Waals surface area (Å²) >= 11 is 0. The Kier molecular flexibility index (Phi) is 3.04. The molecule has 0 aromatic carbocycles. The van der Waals surface area contributed by atoms with E-state index in [1.807, 2.05) is 0 Å². The van der Waals surface area contributed by atoms with Crippen LogP contribution in [0.3, 0.4) is 0 Å². The molecule has 22 heavy (non-hydrogen) atoms. The number of fused-ring (bicyclic) bond motifs is 1. The van der Waals surface area contributed by atoms with E-state index < -0.39 is 23.5 Å². The summed E-state index contributed by atoms with van der Waals surface area (Å²) in [6.45, 7) is 1.36. The van der Waals surface area contributed by atoms with Gasteiger partial charge in [-0.15, -0.1) is 5.10 Å². The molecule has 8 nitrogen and oxygen atoms in total. The summed E-state index contributed by atoms with van der Waals surface area (Å²) in [5, 5.41) is 11.3. The fourth-order valence-electron chi connectivity index (χ4n) is 1.79. The lowest BCUT2D eigenvalue weighted by molar-refractivity contribution is -0.140. The van der Waals surface area contributed by atoms with E-state index in [0.29, 0.717) is 0 Å². The van der Waals surface area contributed by atoms with Crippen LogP contribution in [0.15, 0.2) is 18.5 Å². The second kappa shape index (κ2) is 4.79. The Morgan fingerprint density at radius 3 is 2.86 bits per heavy atom. The molecule has 11 heteroatoms. The molecule has 0 aliphatic heterocycles. The predicted octanol–water partition coefficient (Wildman–Crippen LogP) is 1.43. The van der Waals surface area contributed by atoms with E-state index in [1.165, 1.54) is 23.8 Å². The van der Waals surface area contributed by atoms with Crippen molar-refractivity contribution < 1.29 is 18.0 Å². The Balaban J connectivity index is 1.93. The number of aromatic nitrogens is 6. The van der Waals surface area contributed by atoms with Gasteiger partial charge in [-0.25, -0.2) is 9.50 Å². The number of nitrogens with zero attached hydrogens (tertiary/aromatic N) is 5. The Labute approximate surface area is 120 Å². The zero-order valence-corrected chi connectivity index (χ0v) is 11.0. The highest BCUT2D eigenvalue weighted by molar-refractivity contribution is 6.02. The minimum absolute atomic E-state index is 0.0718. The van der Waals surface area contributed by atoms with Gasteiger partial charge < -0.3 is 5.32 Å². The van der Waals surface area contributed by atoms with Crippen LogP contribution in [0.25, 0.3) is 5.78 Å². The number of nitrogens with one attached hydrogen (secondary N) is 2. The van der Waals surface area contributed by atoms with Crippen molar-refractivity contribution in [3.05, 3.63) is 35.7 Å². The van der Waals surface area contributed by atoms with Gasteiger partial charge in [0.25, 0.3) is 11.7 Å². The van der Waals surface area contributed by atoms with Gasteiger partial charge >= 0.3 is 6.18 Å². The molecular weight excluding hydrogens is 303 g/mol. The van der Waals surface area contributed by atoms with E-state index in [0.717, 1.165) is 0 Å². The number of alkyl halides is 3. The molecule has 0 aliphatic carbocycles. The van der Waals surface area contributed by atoms with E-state index in [9.17, 15) is 18.0 Å². The van der Waals surface area contributed by atoms with E-state index in [2.05, 4.69) is 30.6 Å². The van der Waals surface area contributed by atoms with Gasteiger partial charge in [0.1, 0.15) is 0 Å². The molecule has 3 heterocycles. The van der Waals surface area contributed by atoms with Gasteiger partial charge in [-0.05, 0) is 13.0 Å². The van der Waals surface area contributed by atoms with Gasteiger partial charge in [0.05, 0.1) is 11.4 Å². The summed E-state index contributed by atoms with van der Waals surface area (Å²) in [5.74, 6) is -1.03. The number of aryl methyl sites for hydroxylation is 1. The lowest BCUT2D eigenvalue weighted by Crippen LogP contribution is -2.18. The van der Waals surface area contributed by atoms with Crippen molar-refractivity contribution in [3.63, 3.8) is 0 Å². The first-order valence-electron chi connectivity index (χ1n) is 5.97. The van der Waals surface area contributed by atoms with Crippen LogP contribution in [0.1, 0.15) is 22.0 Å². The quantitative estimate of drug-likeness (QED) is 0.745. The van der Waals surface area contributed by atoms with Crippen molar-refractivity contribution in [2.24, 2.45) is 0 Å². The van der Waals surface area contributed by atoms with Gasteiger partial charge in [-0.2, -0.15) is 23.3 Å². The van der Waals surface area contributed by atoms with Gasteiger partial charge in [0.2, 0.25) is 5.82 Å². The maximum atomic E-state index is 12.8. The molecular formula is C11H8F3N7O. The van der Waals surface area contributed by atoms with Gasteiger partial charge in [0.15, 0.2) is 5.69 Å². The summed E-state index contributed by atoms with van der Waals surface area (Å²) in [6.07, 6.45) is -1.73. The Morgan fingerprint density at radius 1 is 1.41 bits per heavy atom. The zero-order valence-electron chi connectivity index (χ0n) is 11.0. The number of carbonyl (C=O) groups is 1. The summed E-state index contributed by atoms with van der Waals surface area (Å²) in [6, 6.07) is 1.57. The zero-order chi connectivity index (χ0) is 15.9. The highest BCUT2D eigenvalue weighted by Crippen LogP contribution is 2.34. The molecule has 0 fully saturated rings. The summed E-state index contributed by atoms with van der Waals surface area (Å²) in [4.78, 5) is 19.7. The lowest BCUT2D eigenvalue weighted by atomic mass is 10.3. The van der Waals surface area contributed by atoms with Crippen molar-refractivity contribution in [2.75, 3.05) is 5.32 Å². The molecule has 0 radical (unpaired) electrons. The number of hydrogen-bond acceptors (Lipinski definition) is 5. The van der Waals surface area contributed by atoms with Crippen LogP contribution in [0.2, 0.25) is 0 Å². The van der Waals surface area contributed by atoms with E-state index >= 15 is 0 Å². The maximum Gasteiger partial charge on any atom is 0.437 e. The third kappa shape index (κ3) is 2.36. The van der Waals surface area contributed by atoms with Crippen LogP contribution in [0.5, 0.6) is 0 Å². The van der Waals surface area contributed by atoms with Crippen molar-refractivity contribution in [3.8, 4) is 0 Å². The number of hydrogen-bond donors (Lipinski definition) is 2. The maximum absolute atomic E-state index is 12.8. The van der Waals surface area contributed by atoms with Crippen molar-refractivity contribution >= 4 is 17.4 Å². The van der Waals surface area contributed by atoms with E-state index in [1.54, 1.807) is 6.07 Å². The van der Waals surface area contributed by atoms with Crippen LogP contribution >= 0.6 is 0 Å². The number of amides is 1. The summed E-state index contributed by atoms with van der Waals surface area (Å²) < 4.78 is 39.6. The lowest BCUT2D eigenvalue weighted by Gasteiger charge is -2.07. The molecule has 0 unspecified atom stereocenters. The Morgan fingerprint density at radius 2 is 2.18 bits per heavy atom. The molecule has 0 bridgehead atoms. The minimum Gasteiger partial charge on any atom is -0.316 e. The number of halogens is 3. The molecule has 3 aromatic heterocycles. The molecule has 0 spiro atoms. The number of carbonyl (C=O) groups excluding carboxylic acids is 1. The fraction of sp³-hybridized carbons (Fsp3) is 0.182. The van der Waals surface area contributed by atoms with E-state index in [4.69, 9.17) is 0 Å². The Bertz CT molecular complexity index is 818. The number of rotatable bonds is 2. The average Bonchev–Trinajstić information content (AvgIpc) is 3.02. The highest BCUT2D eigenvalue weighted by Gasteiger charge is 2.38.